The van der Waals surface area contributed by atoms with Crippen molar-refractivity contribution in [3.63, 3.8) is 0 Å². The normalized spacial score (nSPS) is 14.0. The number of amides is 1. The molecule has 2 atom stereocenters. The topological polar surface area (TPSA) is 29.1 Å². The van der Waals surface area contributed by atoms with Crippen molar-refractivity contribution in [2.45, 2.75) is 37.7 Å². The van der Waals surface area contributed by atoms with Gasteiger partial charge in [0.05, 0.1) is 5.25 Å². The van der Waals surface area contributed by atoms with Crippen LogP contribution in [0, 0.1) is 5.82 Å². The van der Waals surface area contributed by atoms with Gasteiger partial charge in [-0.3, -0.25) is 4.79 Å². The Kier molecular flexibility index (Phi) is 6.19. The maximum absolute atomic E-state index is 12.8. The van der Waals surface area contributed by atoms with Crippen LogP contribution in [-0.4, -0.2) is 17.7 Å². The molecular formula is C14H20FNOS. The number of hydrogen-bond donors (Lipinski definition) is 1. The van der Waals surface area contributed by atoms with Gasteiger partial charge in [0.15, 0.2) is 0 Å². The molecule has 0 saturated carbocycles. The molecule has 0 heterocycles. The molecule has 100 valence electrons. The highest BCUT2D eigenvalue weighted by Gasteiger charge is 2.17. The van der Waals surface area contributed by atoms with Crippen LogP contribution in [0.3, 0.4) is 0 Å². The highest BCUT2D eigenvalue weighted by Crippen LogP contribution is 2.31. The van der Waals surface area contributed by atoms with E-state index in [4.69, 9.17) is 0 Å². The predicted octanol–water partition coefficient (Wildman–Crippen LogP) is 3.53. The van der Waals surface area contributed by atoms with E-state index in [9.17, 15) is 9.18 Å². The van der Waals surface area contributed by atoms with Gasteiger partial charge in [-0.25, -0.2) is 4.39 Å². The summed E-state index contributed by atoms with van der Waals surface area (Å²) in [5.41, 5.74) is 1.04. The number of nitrogens with one attached hydrogen (secondary N) is 1. The molecule has 2 unspecified atom stereocenters. The molecule has 1 aromatic carbocycles. The third-order valence-electron chi connectivity index (χ3n) is 2.67. The van der Waals surface area contributed by atoms with Crippen LogP contribution < -0.4 is 5.32 Å². The van der Waals surface area contributed by atoms with Gasteiger partial charge in [0.2, 0.25) is 5.91 Å². The van der Waals surface area contributed by atoms with Crippen molar-refractivity contribution < 1.29 is 9.18 Å². The van der Waals surface area contributed by atoms with E-state index in [2.05, 4.69) is 5.32 Å². The Morgan fingerprint density at radius 1 is 1.33 bits per heavy atom. The van der Waals surface area contributed by atoms with Crippen molar-refractivity contribution in [3.05, 3.63) is 35.6 Å². The number of rotatable bonds is 6. The first-order valence-electron chi connectivity index (χ1n) is 6.23. The second-order valence-electron chi connectivity index (χ2n) is 4.26. The Bertz CT molecular complexity index is 380. The maximum atomic E-state index is 12.8. The number of carbonyl (C=O) groups excluding carboxylic acids is 1. The maximum Gasteiger partial charge on any atom is 0.232 e. The van der Waals surface area contributed by atoms with Crippen LogP contribution in [0.5, 0.6) is 0 Å². The molecule has 18 heavy (non-hydrogen) atoms. The number of thioether (sulfide) groups is 1. The molecule has 0 aromatic heterocycles. The van der Waals surface area contributed by atoms with Crippen LogP contribution >= 0.6 is 11.8 Å². The fraction of sp³-hybridized carbons (Fsp3) is 0.500. The summed E-state index contributed by atoms with van der Waals surface area (Å²) in [6.07, 6.45) is 0.941. The molecule has 1 N–H and O–H groups in total. The first-order valence-corrected chi connectivity index (χ1v) is 7.17. The minimum atomic E-state index is -0.232. The Hall–Kier alpha value is -1.03. The molecular weight excluding hydrogens is 249 g/mol. The SMILES string of the molecule is CCCNC(=O)C(C)SC(C)c1ccc(F)cc1. The fourth-order valence-electron chi connectivity index (χ4n) is 1.57. The Morgan fingerprint density at radius 2 is 1.94 bits per heavy atom. The van der Waals surface area contributed by atoms with E-state index < -0.39 is 0 Å². The summed E-state index contributed by atoms with van der Waals surface area (Å²) in [5.74, 6) is -0.166. The first kappa shape index (κ1) is 15.0. The molecule has 0 radical (unpaired) electrons. The summed E-state index contributed by atoms with van der Waals surface area (Å²) in [6.45, 7) is 6.67. The van der Waals surface area contributed by atoms with Crippen LogP contribution in [0.25, 0.3) is 0 Å². The monoisotopic (exact) mass is 269 g/mol. The first-order chi connectivity index (χ1) is 8.54. The molecule has 0 aliphatic heterocycles. The number of carbonyl (C=O) groups is 1. The van der Waals surface area contributed by atoms with Crippen LogP contribution in [0.2, 0.25) is 0 Å². The van der Waals surface area contributed by atoms with Crippen LogP contribution in [0.4, 0.5) is 4.39 Å². The van der Waals surface area contributed by atoms with E-state index in [1.165, 1.54) is 12.1 Å². The van der Waals surface area contributed by atoms with E-state index in [1.807, 2.05) is 20.8 Å². The van der Waals surface area contributed by atoms with E-state index >= 15 is 0 Å². The molecule has 0 bridgehead atoms. The summed E-state index contributed by atoms with van der Waals surface area (Å²) in [5, 5.41) is 2.95. The largest absolute Gasteiger partial charge is 0.355 e. The van der Waals surface area contributed by atoms with Crippen molar-refractivity contribution in [2.75, 3.05) is 6.54 Å². The lowest BCUT2D eigenvalue weighted by atomic mass is 10.2. The Balaban J connectivity index is 2.50. The lowest BCUT2D eigenvalue weighted by molar-refractivity contribution is -0.120. The number of halogens is 1. The fourth-order valence-corrected chi connectivity index (χ4v) is 2.71. The zero-order chi connectivity index (χ0) is 13.5. The molecule has 2 nitrogen and oxygen atoms in total. The van der Waals surface area contributed by atoms with E-state index in [-0.39, 0.29) is 22.2 Å². The lowest BCUT2D eigenvalue weighted by Crippen LogP contribution is -2.31. The molecule has 0 aliphatic carbocycles. The molecule has 0 spiro atoms. The van der Waals surface area contributed by atoms with Crippen LogP contribution in [0.1, 0.15) is 38.0 Å². The summed E-state index contributed by atoms with van der Waals surface area (Å²) in [6, 6.07) is 6.44. The molecule has 1 amide bonds. The third-order valence-corrected chi connectivity index (χ3v) is 3.97. The Labute approximate surface area is 112 Å². The standard InChI is InChI=1S/C14H20FNOS/c1-4-9-16-14(17)11(3)18-10(2)12-5-7-13(15)8-6-12/h5-8,10-11H,4,9H2,1-3H3,(H,16,17). The van der Waals surface area contributed by atoms with Gasteiger partial charge in [0, 0.05) is 11.8 Å². The average Bonchev–Trinajstić information content (AvgIpc) is 2.36. The number of benzene rings is 1. The van der Waals surface area contributed by atoms with E-state index in [0.717, 1.165) is 12.0 Å². The van der Waals surface area contributed by atoms with E-state index in [1.54, 1.807) is 23.9 Å². The van der Waals surface area contributed by atoms with Crippen LogP contribution in [0.15, 0.2) is 24.3 Å². The van der Waals surface area contributed by atoms with Crippen molar-refractivity contribution in [3.8, 4) is 0 Å². The van der Waals surface area contributed by atoms with Gasteiger partial charge < -0.3 is 5.32 Å². The molecule has 1 rings (SSSR count). The van der Waals surface area contributed by atoms with Gasteiger partial charge in [-0.15, -0.1) is 11.8 Å². The highest BCUT2D eigenvalue weighted by molar-refractivity contribution is 8.00. The third kappa shape index (κ3) is 4.69. The predicted molar refractivity (Wildman–Crippen MR) is 75.2 cm³/mol. The molecule has 1 aromatic rings. The summed E-state index contributed by atoms with van der Waals surface area (Å²) in [7, 11) is 0. The van der Waals surface area contributed by atoms with Gasteiger partial charge in [-0.2, -0.15) is 0 Å². The summed E-state index contributed by atoms with van der Waals surface area (Å²) < 4.78 is 12.8. The number of hydrogen-bond acceptors (Lipinski definition) is 2. The van der Waals surface area contributed by atoms with Gasteiger partial charge >= 0.3 is 0 Å². The van der Waals surface area contributed by atoms with Gasteiger partial charge in [0.1, 0.15) is 5.82 Å². The zero-order valence-corrected chi connectivity index (χ0v) is 11.9. The van der Waals surface area contributed by atoms with Gasteiger partial charge in [-0.05, 0) is 38.0 Å². The highest BCUT2D eigenvalue weighted by atomic mass is 32.2. The van der Waals surface area contributed by atoms with E-state index in [0.29, 0.717) is 6.54 Å². The molecule has 0 fully saturated rings. The summed E-state index contributed by atoms with van der Waals surface area (Å²) in [4.78, 5) is 11.7. The molecule has 0 saturated heterocycles. The van der Waals surface area contributed by atoms with Gasteiger partial charge in [-0.1, -0.05) is 19.1 Å². The van der Waals surface area contributed by atoms with Crippen LogP contribution in [-0.2, 0) is 4.79 Å². The van der Waals surface area contributed by atoms with Crippen molar-refractivity contribution in [1.29, 1.82) is 0 Å². The van der Waals surface area contributed by atoms with Crippen molar-refractivity contribution >= 4 is 17.7 Å². The zero-order valence-electron chi connectivity index (χ0n) is 11.1. The lowest BCUT2D eigenvalue weighted by Gasteiger charge is -2.17. The Morgan fingerprint density at radius 3 is 2.50 bits per heavy atom. The minimum absolute atomic E-state index is 0.0656. The van der Waals surface area contributed by atoms with Crippen molar-refractivity contribution in [1.82, 2.24) is 5.32 Å². The van der Waals surface area contributed by atoms with Gasteiger partial charge in [0.25, 0.3) is 0 Å². The minimum Gasteiger partial charge on any atom is -0.355 e. The molecule has 0 aliphatic rings. The second kappa shape index (κ2) is 7.41. The quantitative estimate of drug-likeness (QED) is 0.856. The molecule has 4 heteroatoms. The second-order valence-corrected chi connectivity index (χ2v) is 5.95. The summed E-state index contributed by atoms with van der Waals surface area (Å²) >= 11 is 1.58. The average molecular weight is 269 g/mol. The van der Waals surface area contributed by atoms with Crippen molar-refractivity contribution in [2.24, 2.45) is 0 Å². The smallest absolute Gasteiger partial charge is 0.232 e.